The molecule has 0 aromatic rings. The van der Waals surface area contributed by atoms with Crippen LogP contribution in [-0.4, -0.2) is 37.2 Å². The minimum absolute atomic E-state index is 0.0983. The lowest BCUT2D eigenvalue weighted by molar-refractivity contribution is -0.167. The van der Waals surface area contributed by atoms with Crippen LogP contribution < -0.4 is 0 Å². The molecule has 0 aliphatic heterocycles. The molecule has 0 saturated carbocycles. The third-order valence-corrected chi connectivity index (χ3v) is 11.4. The Morgan fingerprint density at radius 1 is 0.323 bits per heavy atom. The van der Waals surface area contributed by atoms with Gasteiger partial charge < -0.3 is 14.2 Å². The van der Waals surface area contributed by atoms with E-state index in [0.717, 1.165) is 89.9 Å². The maximum Gasteiger partial charge on any atom is 0.306 e. The molecule has 0 fully saturated rings. The number of allylic oxidation sites excluding steroid dienone is 14. The van der Waals surface area contributed by atoms with Crippen LogP contribution in [0.3, 0.4) is 0 Å². The van der Waals surface area contributed by atoms with E-state index in [-0.39, 0.29) is 37.5 Å². The van der Waals surface area contributed by atoms with Gasteiger partial charge in [0.1, 0.15) is 13.2 Å². The van der Waals surface area contributed by atoms with Crippen molar-refractivity contribution in [3.8, 4) is 0 Å². The standard InChI is InChI=1S/C59H100O6/c1-4-7-10-13-16-19-22-25-27-28-29-30-32-34-37-40-43-46-49-52-58(61)64-55-56(54-63-57(60)51-48-45-42-39-36-33-24-21-18-15-12-9-6-3)65-59(62)53-50-47-44-41-38-35-31-26-23-20-17-14-11-8-5-2/h8,11,16-17,19-21,24-27,31,38,41,56H,4-7,9-10,12-15,18,22-23,28-30,32-37,39-40,42-55H2,1-3H3/b11-8-,19-16-,20-17-,24-21-,27-25-,31-26-,41-38-/t56-/m0/s1. The summed E-state index contributed by atoms with van der Waals surface area (Å²) in [5.41, 5.74) is 0. The van der Waals surface area contributed by atoms with Gasteiger partial charge in [-0.1, -0.05) is 202 Å². The van der Waals surface area contributed by atoms with Crippen LogP contribution in [0.1, 0.15) is 252 Å². The zero-order valence-electron chi connectivity index (χ0n) is 42.5. The molecule has 0 radical (unpaired) electrons. The Morgan fingerprint density at radius 3 is 1.02 bits per heavy atom. The van der Waals surface area contributed by atoms with Crippen LogP contribution in [0.2, 0.25) is 0 Å². The van der Waals surface area contributed by atoms with Gasteiger partial charge in [0.15, 0.2) is 6.10 Å². The van der Waals surface area contributed by atoms with Gasteiger partial charge in [0, 0.05) is 19.3 Å². The Labute approximate surface area is 401 Å². The Balaban J connectivity index is 4.43. The van der Waals surface area contributed by atoms with E-state index < -0.39 is 6.10 Å². The van der Waals surface area contributed by atoms with E-state index in [0.29, 0.717) is 19.3 Å². The summed E-state index contributed by atoms with van der Waals surface area (Å²) in [5, 5.41) is 0. The van der Waals surface area contributed by atoms with Crippen LogP contribution in [0.25, 0.3) is 0 Å². The van der Waals surface area contributed by atoms with Crippen LogP contribution in [-0.2, 0) is 28.6 Å². The minimum Gasteiger partial charge on any atom is -0.462 e. The SMILES string of the molecule is CC/C=C\C/C=C\C/C=C\C/C=C\CCCCC(=O)O[C@@H](COC(=O)CCCCCCC/C=C\CCCCCC)COC(=O)CCCCCCCCCCC/C=C\C/C=C\CCCCC. The molecule has 0 aromatic carbocycles. The van der Waals surface area contributed by atoms with Crippen molar-refractivity contribution in [2.45, 2.75) is 258 Å². The summed E-state index contributed by atoms with van der Waals surface area (Å²) in [6.07, 6.45) is 68.5. The molecule has 6 heteroatoms. The second-order valence-electron chi connectivity index (χ2n) is 17.7. The molecule has 0 unspecified atom stereocenters. The summed E-state index contributed by atoms with van der Waals surface area (Å²) in [6.45, 7) is 6.44. The number of esters is 3. The lowest BCUT2D eigenvalue weighted by atomic mass is 10.1. The Morgan fingerprint density at radius 2 is 0.600 bits per heavy atom. The van der Waals surface area contributed by atoms with Gasteiger partial charge in [-0.3, -0.25) is 14.4 Å². The molecule has 1 atom stereocenters. The first-order valence-corrected chi connectivity index (χ1v) is 27.1. The van der Waals surface area contributed by atoms with Crippen molar-refractivity contribution in [3.05, 3.63) is 85.1 Å². The van der Waals surface area contributed by atoms with Crippen LogP contribution in [0.4, 0.5) is 0 Å². The molecule has 0 heterocycles. The minimum atomic E-state index is -0.803. The molecular weight excluding hydrogens is 805 g/mol. The number of hydrogen-bond acceptors (Lipinski definition) is 6. The second kappa shape index (κ2) is 53.2. The van der Waals surface area contributed by atoms with Gasteiger partial charge in [-0.15, -0.1) is 0 Å². The summed E-state index contributed by atoms with van der Waals surface area (Å²) >= 11 is 0. The highest BCUT2D eigenvalue weighted by molar-refractivity contribution is 5.71. The second-order valence-corrected chi connectivity index (χ2v) is 17.7. The quantitative estimate of drug-likeness (QED) is 0.0262. The zero-order chi connectivity index (χ0) is 47.2. The molecule has 0 aromatic heterocycles. The Kier molecular flexibility index (Phi) is 50.4. The van der Waals surface area contributed by atoms with Gasteiger partial charge in [0.2, 0.25) is 0 Å². The summed E-state index contributed by atoms with van der Waals surface area (Å²) in [6, 6.07) is 0. The average Bonchev–Trinajstić information content (AvgIpc) is 3.30. The van der Waals surface area contributed by atoms with Crippen molar-refractivity contribution in [3.63, 3.8) is 0 Å². The van der Waals surface area contributed by atoms with Crippen LogP contribution in [0.15, 0.2) is 85.1 Å². The third-order valence-electron chi connectivity index (χ3n) is 11.4. The van der Waals surface area contributed by atoms with Crippen molar-refractivity contribution in [2.24, 2.45) is 0 Å². The highest BCUT2D eigenvalue weighted by Gasteiger charge is 2.19. The number of ether oxygens (including phenoxy) is 3. The fourth-order valence-electron chi connectivity index (χ4n) is 7.28. The molecule has 0 amide bonds. The molecule has 0 aliphatic carbocycles. The van der Waals surface area contributed by atoms with Gasteiger partial charge in [-0.05, 0) is 116 Å². The zero-order valence-corrected chi connectivity index (χ0v) is 42.5. The van der Waals surface area contributed by atoms with Gasteiger partial charge in [-0.2, -0.15) is 0 Å². The highest BCUT2D eigenvalue weighted by atomic mass is 16.6. The molecule has 0 saturated heterocycles. The van der Waals surface area contributed by atoms with Crippen molar-refractivity contribution in [1.29, 1.82) is 0 Å². The van der Waals surface area contributed by atoms with E-state index in [1.54, 1.807) is 0 Å². The molecule has 0 spiro atoms. The van der Waals surface area contributed by atoms with E-state index in [4.69, 9.17) is 14.2 Å². The smallest absolute Gasteiger partial charge is 0.306 e. The van der Waals surface area contributed by atoms with Crippen molar-refractivity contribution in [1.82, 2.24) is 0 Å². The lowest BCUT2D eigenvalue weighted by Crippen LogP contribution is -2.30. The van der Waals surface area contributed by atoms with Gasteiger partial charge in [0.25, 0.3) is 0 Å². The maximum atomic E-state index is 12.8. The normalized spacial score (nSPS) is 12.7. The maximum absolute atomic E-state index is 12.8. The summed E-state index contributed by atoms with van der Waals surface area (Å²) in [7, 11) is 0. The van der Waals surface area contributed by atoms with Crippen LogP contribution in [0.5, 0.6) is 0 Å². The number of hydrogen-bond donors (Lipinski definition) is 0. The van der Waals surface area contributed by atoms with E-state index in [9.17, 15) is 14.4 Å². The molecule has 372 valence electrons. The van der Waals surface area contributed by atoms with Crippen LogP contribution >= 0.6 is 0 Å². The average molecular weight is 905 g/mol. The molecule has 65 heavy (non-hydrogen) atoms. The first kappa shape index (κ1) is 61.6. The Hall–Kier alpha value is -3.41. The topological polar surface area (TPSA) is 78.9 Å². The first-order valence-electron chi connectivity index (χ1n) is 27.1. The van der Waals surface area contributed by atoms with E-state index in [1.807, 2.05) is 0 Å². The fraction of sp³-hybridized carbons (Fsp3) is 0.712. The number of carbonyl (C=O) groups excluding carboxylic acids is 3. The fourth-order valence-corrected chi connectivity index (χ4v) is 7.28. The third kappa shape index (κ3) is 51.4. The van der Waals surface area contributed by atoms with Gasteiger partial charge >= 0.3 is 17.9 Å². The van der Waals surface area contributed by atoms with Crippen LogP contribution in [0, 0.1) is 0 Å². The number of unbranched alkanes of at least 4 members (excludes halogenated alkanes) is 23. The summed E-state index contributed by atoms with van der Waals surface area (Å²) in [4.78, 5) is 38.0. The summed E-state index contributed by atoms with van der Waals surface area (Å²) < 4.78 is 16.8. The van der Waals surface area contributed by atoms with E-state index >= 15 is 0 Å². The first-order chi connectivity index (χ1) is 32.0. The molecule has 0 rings (SSSR count). The largest absolute Gasteiger partial charge is 0.462 e. The van der Waals surface area contributed by atoms with Crippen molar-refractivity contribution < 1.29 is 28.6 Å². The van der Waals surface area contributed by atoms with Crippen molar-refractivity contribution in [2.75, 3.05) is 13.2 Å². The summed E-state index contributed by atoms with van der Waals surface area (Å²) in [5.74, 6) is -0.952. The van der Waals surface area contributed by atoms with E-state index in [2.05, 4.69) is 106 Å². The monoisotopic (exact) mass is 905 g/mol. The molecule has 0 N–H and O–H groups in total. The molecular formula is C59H100O6. The number of rotatable bonds is 48. The van der Waals surface area contributed by atoms with Crippen molar-refractivity contribution >= 4 is 17.9 Å². The lowest BCUT2D eigenvalue weighted by Gasteiger charge is -2.18. The highest BCUT2D eigenvalue weighted by Crippen LogP contribution is 2.14. The van der Waals surface area contributed by atoms with E-state index in [1.165, 1.54) is 116 Å². The van der Waals surface area contributed by atoms with Gasteiger partial charge in [-0.25, -0.2) is 0 Å². The van der Waals surface area contributed by atoms with Gasteiger partial charge in [0.05, 0.1) is 0 Å². The Bertz CT molecular complexity index is 1270. The predicted octanol–water partition coefficient (Wildman–Crippen LogP) is 18.0. The number of carbonyl (C=O) groups is 3. The molecule has 0 bridgehead atoms. The predicted molar refractivity (Wildman–Crippen MR) is 279 cm³/mol. The molecule has 0 aliphatic rings. The molecule has 6 nitrogen and oxygen atoms in total.